The van der Waals surface area contributed by atoms with E-state index in [0.29, 0.717) is 43.8 Å². The number of hydrogen-bond donors (Lipinski definition) is 2. The van der Waals surface area contributed by atoms with Crippen LogP contribution < -0.4 is 5.32 Å². The van der Waals surface area contributed by atoms with Crippen LogP contribution in [0.4, 0.5) is 26.3 Å². The van der Waals surface area contributed by atoms with Crippen LogP contribution in [0, 0.1) is 23.4 Å². The molecule has 4 rings (SSSR count). The first-order valence-corrected chi connectivity index (χ1v) is 10.4. The van der Waals surface area contributed by atoms with Gasteiger partial charge in [-0.05, 0) is 37.7 Å². The highest BCUT2D eigenvalue weighted by atomic mass is 19.4. The van der Waals surface area contributed by atoms with Crippen molar-refractivity contribution in [1.29, 1.82) is 0 Å². The Morgan fingerprint density at radius 2 is 1.80 bits per heavy atom. The molecule has 0 bridgehead atoms. The van der Waals surface area contributed by atoms with E-state index in [2.05, 4.69) is 25.4 Å². The van der Waals surface area contributed by atoms with Crippen molar-refractivity contribution in [3.8, 4) is 17.3 Å². The van der Waals surface area contributed by atoms with Gasteiger partial charge in [0, 0.05) is 12.5 Å². The Morgan fingerprint density at radius 1 is 1.09 bits per heavy atom. The van der Waals surface area contributed by atoms with Gasteiger partial charge in [0.05, 0.1) is 18.0 Å². The zero-order valence-electron chi connectivity index (χ0n) is 17.7. The maximum absolute atomic E-state index is 13.8. The maximum atomic E-state index is 13.8. The number of halogens is 6. The molecule has 8 nitrogen and oxygen atoms in total. The average molecular weight is 501 g/mol. The summed E-state index contributed by atoms with van der Waals surface area (Å²) in [6.07, 6.45) is -0.706. The van der Waals surface area contributed by atoms with Crippen LogP contribution in [0.25, 0.3) is 11.5 Å². The second-order valence-corrected chi connectivity index (χ2v) is 8.05. The topological polar surface area (TPSA) is 114 Å². The minimum Gasteiger partial charge on any atom is -0.503 e. The highest BCUT2D eigenvalue weighted by Gasteiger charge is 2.33. The second-order valence-electron chi connectivity index (χ2n) is 8.05. The molecular formula is C21H17F6N5O3. The van der Waals surface area contributed by atoms with Gasteiger partial charge in [0.1, 0.15) is 5.69 Å². The van der Waals surface area contributed by atoms with E-state index in [-0.39, 0.29) is 29.9 Å². The number of carbonyl (C=O) groups is 1. The SMILES string of the molecule is O=C(NCC1CCC(c2nc(-c3cnc(C(F)(F)F)cn3)no2)CC1)c1cc(F)c(O)c(F)c1F. The summed E-state index contributed by atoms with van der Waals surface area (Å²) in [6, 6.07) is 0.425. The summed E-state index contributed by atoms with van der Waals surface area (Å²) in [4.78, 5) is 23.3. The molecule has 0 saturated heterocycles. The van der Waals surface area contributed by atoms with E-state index in [4.69, 9.17) is 9.63 Å². The van der Waals surface area contributed by atoms with Crippen molar-refractivity contribution in [2.75, 3.05) is 6.54 Å². The van der Waals surface area contributed by atoms with E-state index in [9.17, 15) is 31.1 Å². The van der Waals surface area contributed by atoms with Crippen LogP contribution in [0.3, 0.4) is 0 Å². The molecule has 1 saturated carbocycles. The first kappa shape index (κ1) is 24.4. The molecular weight excluding hydrogens is 484 g/mol. The number of phenols is 1. The number of rotatable bonds is 5. The molecule has 3 aromatic rings. The van der Waals surface area contributed by atoms with Gasteiger partial charge >= 0.3 is 6.18 Å². The number of aromatic nitrogens is 4. The molecule has 14 heteroatoms. The summed E-state index contributed by atoms with van der Waals surface area (Å²) in [5.74, 6) is -7.26. The lowest BCUT2D eigenvalue weighted by Crippen LogP contribution is -2.32. The molecule has 1 aliphatic rings. The summed E-state index contributed by atoms with van der Waals surface area (Å²) in [6.45, 7) is 0.130. The van der Waals surface area contributed by atoms with Crippen molar-refractivity contribution in [3.63, 3.8) is 0 Å². The standard InChI is InChI=1S/C21H17F6N5O3/c22-12-5-11(15(23)16(24)17(12)33)19(34)30-6-9-1-3-10(4-2-9)20-31-18(32-35-20)13-7-29-14(8-28-13)21(25,26)27/h5,7-10,33H,1-4,6H2,(H,30,34). The minimum atomic E-state index is -4.61. The number of nitrogens with zero attached hydrogens (tertiary/aromatic N) is 4. The van der Waals surface area contributed by atoms with Gasteiger partial charge in [0.15, 0.2) is 23.1 Å². The van der Waals surface area contributed by atoms with Crippen LogP contribution >= 0.6 is 0 Å². The fourth-order valence-corrected chi connectivity index (χ4v) is 3.79. The fraction of sp³-hybridized carbons (Fsp3) is 0.381. The van der Waals surface area contributed by atoms with Crippen LogP contribution in [0.15, 0.2) is 23.0 Å². The summed E-state index contributed by atoms with van der Waals surface area (Å²) in [5, 5.41) is 15.3. The molecule has 1 amide bonds. The van der Waals surface area contributed by atoms with Crippen molar-refractivity contribution in [2.45, 2.75) is 37.8 Å². The minimum absolute atomic E-state index is 0.00556. The van der Waals surface area contributed by atoms with Gasteiger partial charge in [0.25, 0.3) is 5.91 Å². The number of carbonyl (C=O) groups excluding carboxylic acids is 1. The van der Waals surface area contributed by atoms with Gasteiger partial charge in [-0.1, -0.05) is 5.16 Å². The van der Waals surface area contributed by atoms with Gasteiger partial charge in [-0.3, -0.25) is 4.79 Å². The molecule has 186 valence electrons. The molecule has 2 aromatic heterocycles. The zero-order valence-corrected chi connectivity index (χ0v) is 17.7. The molecule has 0 unspecified atom stereocenters. The van der Waals surface area contributed by atoms with Gasteiger partial charge in [0.2, 0.25) is 17.5 Å². The van der Waals surface area contributed by atoms with E-state index >= 15 is 0 Å². The number of benzene rings is 1. The predicted molar refractivity (Wildman–Crippen MR) is 105 cm³/mol. The van der Waals surface area contributed by atoms with Crippen molar-refractivity contribution >= 4 is 5.91 Å². The van der Waals surface area contributed by atoms with Gasteiger partial charge in [-0.15, -0.1) is 0 Å². The first-order chi connectivity index (χ1) is 16.5. The molecule has 1 aromatic carbocycles. The van der Waals surface area contributed by atoms with Gasteiger partial charge in [-0.2, -0.15) is 22.5 Å². The van der Waals surface area contributed by atoms with Crippen molar-refractivity contribution in [3.05, 3.63) is 53.1 Å². The number of aromatic hydroxyl groups is 1. The number of hydrogen-bond acceptors (Lipinski definition) is 7. The molecule has 1 aliphatic carbocycles. The fourth-order valence-electron chi connectivity index (χ4n) is 3.79. The number of alkyl halides is 3. The Labute approximate surface area is 193 Å². The highest BCUT2D eigenvalue weighted by molar-refractivity contribution is 5.94. The zero-order chi connectivity index (χ0) is 25.3. The first-order valence-electron chi connectivity index (χ1n) is 10.4. The second kappa shape index (κ2) is 9.50. The molecule has 0 aliphatic heterocycles. The molecule has 1 fully saturated rings. The Hall–Kier alpha value is -3.71. The van der Waals surface area contributed by atoms with Gasteiger partial charge < -0.3 is 14.9 Å². The van der Waals surface area contributed by atoms with Crippen LogP contribution in [0.1, 0.15) is 53.5 Å². The monoisotopic (exact) mass is 501 g/mol. The largest absolute Gasteiger partial charge is 0.503 e. The molecule has 0 atom stereocenters. The maximum Gasteiger partial charge on any atom is 0.434 e. The normalized spacial score (nSPS) is 18.5. The highest BCUT2D eigenvalue weighted by Crippen LogP contribution is 2.35. The Bertz CT molecular complexity index is 1220. The molecule has 35 heavy (non-hydrogen) atoms. The Morgan fingerprint density at radius 3 is 2.43 bits per heavy atom. The van der Waals surface area contributed by atoms with E-state index in [1.54, 1.807) is 0 Å². The summed E-state index contributed by atoms with van der Waals surface area (Å²) >= 11 is 0. The van der Waals surface area contributed by atoms with E-state index < -0.39 is 46.5 Å². The Balaban J connectivity index is 1.31. The molecule has 2 heterocycles. The van der Waals surface area contributed by atoms with Crippen molar-refractivity contribution in [2.24, 2.45) is 5.92 Å². The lowest BCUT2D eigenvalue weighted by molar-refractivity contribution is -0.141. The molecule has 2 N–H and O–H groups in total. The quantitative estimate of drug-likeness (QED) is 0.394. The summed E-state index contributed by atoms with van der Waals surface area (Å²) in [5.41, 5.74) is -1.96. The smallest absolute Gasteiger partial charge is 0.434 e. The van der Waals surface area contributed by atoms with E-state index in [1.807, 2.05) is 0 Å². The van der Waals surface area contributed by atoms with Crippen molar-refractivity contribution in [1.82, 2.24) is 25.4 Å². The van der Waals surface area contributed by atoms with Crippen LogP contribution in [-0.2, 0) is 6.18 Å². The molecule has 0 spiro atoms. The van der Waals surface area contributed by atoms with Crippen LogP contribution in [-0.4, -0.2) is 37.7 Å². The van der Waals surface area contributed by atoms with E-state index in [1.165, 1.54) is 0 Å². The lowest BCUT2D eigenvalue weighted by Gasteiger charge is -2.26. The Kier molecular flexibility index (Phi) is 6.63. The summed E-state index contributed by atoms with van der Waals surface area (Å²) < 4.78 is 83.9. The third-order valence-electron chi connectivity index (χ3n) is 5.74. The van der Waals surface area contributed by atoms with Crippen LogP contribution in [0.5, 0.6) is 5.75 Å². The average Bonchev–Trinajstić information content (AvgIpc) is 3.34. The van der Waals surface area contributed by atoms with Gasteiger partial charge in [-0.25, -0.2) is 18.7 Å². The lowest BCUT2D eigenvalue weighted by atomic mass is 9.82. The van der Waals surface area contributed by atoms with Crippen LogP contribution in [0.2, 0.25) is 0 Å². The number of nitrogens with one attached hydrogen (secondary N) is 1. The number of phenolic OH excluding ortho intramolecular Hbond substituents is 1. The van der Waals surface area contributed by atoms with E-state index in [0.717, 1.165) is 6.20 Å². The molecule has 0 radical (unpaired) electrons. The third kappa shape index (κ3) is 5.20. The summed E-state index contributed by atoms with van der Waals surface area (Å²) in [7, 11) is 0. The third-order valence-corrected chi connectivity index (χ3v) is 5.74. The predicted octanol–water partition coefficient (Wildman–Crippen LogP) is 4.37. The number of amides is 1. The van der Waals surface area contributed by atoms with Crippen molar-refractivity contribution < 1.29 is 40.8 Å².